The van der Waals surface area contributed by atoms with Gasteiger partial charge in [-0.25, -0.2) is 0 Å². The number of nitrogens with one attached hydrogen (secondary N) is 1. The predicted molar refractivity (Wildman–Crippen MR) is 123 cm³/mol. The lowest BCUT2D eigenvalue weighted by Crippen LogP contribution is -2.34. The third-order valence-electron chi connectivity index (χ3n) is 6.13. The van der Waals surface area contributed by atoms with Crippen LogP contribution < -0.4 is 10.1 Å². The number of carbonyl (C=O) groups is 3. The molecule has 0 bridgehead atoms. The van der Waals surface area contributed by atoms with E-state index in [0.717, 1.165) is 32.3 Å². The SMILES string of the molecule is CCOc1ccc(CN2C(=O)c3ccccc3C2=O)cc1C(=O)NC(C)CCC1CCCO1. The van der Waals surface area contributed by atoms with Crippen LogP contribution in [0.15, 0.2) is 42.5 Å². The Morgan fingerprint density at radius 2 is 1.91 bits per heavy atom. The van der Waals surface area contributed by atoms with Crippen LogP contribution in [0.4, 0.5) is 0 Å². The zero-order chi connectivity index (χ0) is 23.4. The Balaban J connectivity index is 1.47. The lowest BCUT2D eigenvalue weighted by molar-refractivity contribution is 0.0642. The van der Waals surface area contributed by atoms with Crippen LogP contribution in [-0.4, -0.2) is 48.0 Å². The van der Waals surface area contributed by atoms with E-state index >= 15 is 0 Å². The Labute approximate surface area is 194 Å². The molecule has 0 aliphatic carbocycles. The number of imide groups is 1. The molecular formula is C26H30N2O5. The van der Waals surface area contributed by atoms with Gasteiger partial charge in [0.2, 0.25) is 0 Å². The molecule has 2 aromatic carbocycles. The summed E-state index contributed by atoms with van der Waals surface area (Å²) in [4.78, 5) is 39.7. The van der Waals surface area contributed by atoms with E-state index in [1.807, 2.05) is 13.8 Å². The van der Waals surface area contributed by atoms with Crippen LogP contribution in [0.2, 0.25) is 0 Å². The number of benzene rings is 2. The molecule has 0 aromatic heterocycles. The minimum absolute atomic E-state index is 0.0175. The molecule has 0 spiro atoms. The van der Waals surface area contributed by atoms with E-state index in [-0.39, 0.29) is 36.4 Å². The molecule has 4 rings (SSSR count). The van der Waals surface area contributed by atoms with Crippen molar-refractivity contribution in [1.82, 2.24) is 10.2 Å². The van der Waals surface area contributed by atoms with Crippen LogP contribution in [0.3, 0.4) is 0 Å². The molecule has 174 valence electrons. The fourth-order valence-corrected chi connectivity index (χ4v) is 4.38. The number of nitrogens with zero attached hydrogens (tertiary/aromatic N) is 1. The lowest BCUT2D eigenvalue weighted by atomic mass is 10.1. The number of hydrogen-bond donors (Lipinski definition) is 1. The van der Waals surface area contributed by atoms with E-state index in [2.05, 4.69) is 5.32 Å². The molecule has 1 saturated heterocycles. The fourth-order valence-electron chi connectivity index (χ4n) is 4.38. The highest BCUT2D eigenvalue weighted by Crippen LogP contribution is 2.27. The summed E-state index contributed by atoms with van der Waals surface area (Å²) >= 11 is 0. The van der Waals surface area contributed by atoms with Gasteiger partial charge in [-0.15, -0.1) is 0 Å². The van der Waals surface area contributed by atoms with Crippen molar-refractivity contribution in [3.05, 3.63) is 64.7 Å². The Kier molecular flexibility index (Phi) is 7.08. The third kappa shape index (κ3) is 5.09. The minimum Gasteiger partial charge on any atom is -0.493 e. The summed E-state index contributed by atoms with van der Waals surface area (Å²) in [5, 5.41) is 3.05. The van der Waals surface area contributed by atoms with Gasteiger partial charge in [0.1, 0.15) is 5.75 Å². The van der Waals surface area contributed by atoms with Crippen LogP contribution in [0.5, 0.6) is 5.75 Å². The molecule has 7 heteroatoms. The highest BCUT2D eigenvalue weighted by Gasteiger charge is 2.35. The van der Waals surface area contributed by atoms with Gasteiger partial charge in [-0.2, -0.15) is 0 Å². The third-order valence-corrected chi connectivity index (χ3v) is 6.13. The molecule has 2 atom stereocenters. The van der Waals surface area contributed by atoms with Gasteiger partial charge < -0.3 is 14.8 Å². The van der Waals surface area contributed by atoms with Crippen LogP contribution in [-0.2, 0) is 11.3 Å². The van der Waals surface area contributed by atoms with Gasteiger partial charge in [0, 0.05) is 12.6 Å². The minimum atomic E-state index is -0.321. The van der Waals surface area contributed by atoms with Crippen molar-refractivity contribution >= 4 is 17.7 Å². The van der Waals surface area contributed by atoms with Crippen LogP contribution >= 0.6 is 0 Å². The standard InChI is InChI=1S/C26H30N2O5/c1-3-32-23-13-11-18(16-28-25(30)20-8-4-5-9-21(20)26(28)31)15-22(23)24(29)27-17(2)10-12-19-7-6-14-33-19/h4-5,8-9,11,13,15,17,19H,3,6-7,10,12,14,16H2,1-2H3,(H,27,29). The number of carbonyl (C=O) groups excluding carboxylic acids is 3. The molecule has 33 heavy (non-hydrogen) atoms. The molecule has 2 aromatic rings. The molecule has 7 nitrogen and oxygen atoms in total. The van der Waals surface area contributed by atoms with Crippen molar-refractivity contribution in [1.29, 1.82) is 0 Å². The summed E-state index contributed by atoms with van der Waals surface area (Å²) in [5.74, 6) is -0.397. The number of rotatable bonds is 9. The quantitative estimate of drug-likeness (QED) is 0.585. The number of ether oxygens (including phenoxy) is 2. The van der Waals surface area contributed by atoms with Gasteiger partial charge in [-0.05, 0) is 69.4 Å². The average molecular weight is 451 g/mol. The molecule has 0 radical (unpaired) electrons. The molecule has 0 saturated carbocycles. The van der Waals surface area contributed by atoms with E-state index in [0.29, 0.717) is 34.6 Å². The molecule has 2 unspecified atom stereocenters. The lowest BCUT2D eigenvalue weighted by Gasteiger charge is -2.19. The second-order valence-corrected chi connectivity index (χ2v) is 8.59. The number of hydrogen-bond acceptors (Lipinski definition) is 5. The zero-order valence-corrected chi connectivity index (χ0v) is 19.1. The highest BCUT2D eigenvalue weighted by molar-refractivity contribution is 6.21. The Morgan fingerprint density at radius 3 is 2.55 bits per heavy atom. The van der Waals surface area contributed by atoms with E-state index in [1.54, 1.807) is 42.5 Å². The molecule has 1 fully saturated rings. The normalized spacial score (nSPS) is 18.4. The first-order valence-corrected chi connectivity index (χ1v) is 11.6. The van der Waals surface area contributed by atoms with E-state index < -0.39 is 0 Å². The first kappa shape index (κ1) is 23.0. The highest BCUT2D eigenvalue weighted by atomic mass is 16.5. The van der Waals surface area contributed by atoms with Crippen LogP contribution in [0, 0.1) is 0 Å². The van der Waals surface area contributed by atoms with Gasteiger partial charge in [-0.1, -0.05) is 18.2 Å². The van der Waals surface area contributed by atoms with Crippen molar-refractivity contribution in [2.75, 3.05) is 13.2 Å². The van der Waals surface area contributed by atoms with Gasteiger partial charge in [0.15, 0.2) is 0 Å². The fraction of sp³-hybridized carbons (Fsp3) is 0.423. The Hall–Kier alpha value is -3.19. The molecular weight excluding hydrogens is 420 g/mol. The molecule has 2 aliphatic rings. The number of fused-ring (bicyclic) bond motifs is 1. The van der Waals surface area contributed by atoms with Crippen molar-refractivity contribution in [2.45, 2.75) is 58.2 Å². The van der Waals surface area contributed by atoms with Gasteiger partial charge in [0.25, 0.3) is 17.7 Å². The van der Waals surface area contributed by atoms with Crippen molar-refractivity contribution in [2.24, 2.45) is 0 Å². The summed E-state index contributed by atoms with van der Waals surface area (Å²) in [6.45, 7) is 5.18. The molecule has 3 amide bonds. The zero-order valence-electron chi connectivity index (χ0n) is 19.1. The predicted octanol–water partition coefficient (Wildman–Crippen LogP) is 3.96. The van der Waals surface area contributed by atoms with Gasteiger partial charge in [0.05, 0.1) is 35.9 Å². The van der Waals surface area contributed by atoms with Crippen LogP contribution in [0.1, 0.15) is 76.2 Å². The van der Waals surface area contributed by atoms with Crippen molar-refractivity contribution in [3.63, 3.8) is 0 Å². The molecule has 2 aliphatic heterocycles. The summed E-state index contributed by atoms with van der Waals surface area (Å²) in [6.07, 6.45) is 4.21. The first-order chi connectivity index (χ1) is 16.0. The maximum Gasteiger partial charge on any atom is 0.261 e. The Bertz CT molecular complexity index is 1010. The van der Waals surface area contributed by atoms with Crippen molar-refractivity contribution in [3.8, 4) is 5.75 Å². The number of amides is 3. The van der Waals surface area contributed by atoms with Gasteiger partial charge >= 0.3 is 0 Å². The van der Waals surface area contributed by atoms with Gasteiger partial charge in [-0.3, -0.25) is 19.3 Å². The second-order valence-electron chi connectivity index (χ2n) is 8.59. The smallest absolute Gasteiger partial charge is 0.261 e. The molecule has 1 N–H and O–H groups in total. The van der Waals surface area contributed by atoms with E-state index in [4.69, 9.17) is 9.47 Å². The summed E-state index contributed by atoms with van der Waals surface area (Å²) < 4.78 is 11.3. The summed E-state index contributed by atoms with van der Waals surface area (Å²) in [7, 11) is 0. The summed E-state index contributed by atoms with van der Waals surface area (Å²) in [6, 6.07) is 12.0. The summed E-state index contributed by atoms with van der Waals surface area (Å²) in [5.41, 5.74) is 1.90. The van der Waals surface area contributed by atoms with Crippen molar-refractivity contribution < 1.29 is 23.9 Å². The largest absolute Gasteiger partial charge is 0.493 e. The molecule has 2 heterocycles. The first-order valence-electron chi connectivity index (χ1n) is 11.6. The monoisotopic (exact) mass is 450 g/mol. The van der Waals surface area contributed by atoms with E-state index in [9.17, 15) is 14.4 Å². The maximum atomic E-state index is 13.1. The maximum absolute atomic E-state index is 13.1. The Morgan fingerprint density at radius 1 is 1.18 bits per heavy atom. The average Bonchev–Trinajstić information content (AvgIpc) is 3.42. The van der Waals surface area contributed by atoms with E-state index in [1.165, 1.54) is 4.90 Å². The second kappa shape index (κ2) is 10.2. The van der Waals surface area contributed by atoms with Crippen LogP contribution in [0.25, 0.3) is 0 Å². The topological polar surface area (TPSA) is 84.9 Å².